The van der Waals surface area contributed by atoms with E-state index in [0.29, 0.717) is 6.61 Å². The van der Waals surface area contributed by atoms with Gasteiger partial charge in [0.2, 0.25) is 0 Å². The Hall–Kier alpha value is -1.35. The molecule has 0 spiro atoms. The van der Waals surface area contributed by atoms with E-state index < -0.39 is 6.04 Å². The standard InChI is InChI=1S/C14H21NO2/c1-2-3-4-8-11-17-14(16)13(15)12-9-6-5-7-10-12/h5-7,9-10,13H,2-4,8,11,15H2,1H3. The van der Waals surface area contributed by atoms with Crippen LogP contribution in [0.1, 0.15) is 44.2 Å². The van der Waals surface area contributed by atoms with Gasteiger partial charge in [-0.15, -0.1) is 0 Å². The lowest BCUT2D eigenvalue weighted by atomic mass is 10.1. The Morgan fingerprint density at radius 1 is 1.24 bits per heavy atom. The van der Waals surface area contributed by atoms with Gasteiger partial charge in [0.05, 0.1) is 6.61 Å². The minimum absolute atomic E-state index is 0.340. The van der Waals surface area contributed by atoms with Crippen LogP contribution in [0.25, 0.3) is 0 Å². The second-order valence-corrected chi connectivity index (χ2v) is 4.12. The third-order valence-electron chi connectivity index (χ3n) is 2.65. The molecule has 1 atom stereocenters. The molecule has 3 heteroatoms. The van der Waals surface area contributed by atoms with Crippen molar-refractivity contribution in [1.82, 2.24) is 0 Å². The predicted molar refractivity (Wildman–Crippen MR) is 68.5 cm³/mol. The summed E-state index contributed by atoms with van der Waals surface area (Å²) < 4.78 is 5.14. The molecule has 0 saturated heterocycles. The summed E-state index contributed by atoms with van der Waals surface area (Å²) in [6.45, 7) is 2.62. The first kappa shape index (κ1) is 13.7. The van der Waals surface area contributed by atoms with E-state index in [-0.39, 0.29) is 5.97 Å². The summed E-state index contributed by atoms with van der Waals surface area (Å²) in [5.41, 5.74) is 6.60. The molecule has 0 aliphatic heterocycles. The van der Waals surface area contributed by atoms with Crippen LogP contribution >= 0.6 is 0 Å². The maximum Gasteiger partial charge on any atom is 0.327 e. The Morgan fingerprint density at radius 2 is 1.94 bits per heavy atom. The Morgan fingerprint density at radius 3 is 2.59 bits per heavy atom. The van der Waals surface area contributed by atoms with Gasteiger partial charge < -0.3 is 10.5 Å². The molecule has 1 rings (SSSR count). The van der Waals surface area contributed by atoms with Crippen molar-refractivity contribution >= 4 is 5.97 Å². The summed E-state index contributed by atoms with van der Waals surface area (Å²) in [4.78, 5) is 11.6. The largest absolute Gasteiger partial charge is 0.464 e. The number of hydrogen-bond donors (Lipinski definition) is 1. The van der Waals surface area contributed by atoms with Gasteiger partial charge in [-0.05, 0) is 12.0 Å². The van der Waals surface area contributed by atoms with E-state index >= 15 is 0 Å². The van der Waals surface area contributed by atoms with Gasteiger partial charge >= 0.3 is 5.97 Å². The number of carbonyl (C=O) groups excluding carboxylic acids is 1. The van der Waals surface area contributed by atoms with Crippen molar-refractivity contribution in [3.63, 3.8) is 0 Å². The highest BCUT2D eigenvalue weighted by Crippen LogP contribution is 2.11. The fourth-order valence-electron chi connectivity index (χ4n) is 1.59. The molecule has 0 aromatic heterocycles. The number of ether oxygens (including phenoxy) is 1. The lowest BCUT2D eigenvalue weighted by Crippen LogP contribution is -2.24. The van der Waals surface area contributed by atoms with Crippen LogP contribution in [0.4, 0.5) is 0 Å². The Balaban J connectivity index is 2.28. The van der Waals surface area contributed by atoms with Crippen LogP contribution in [0.2, 0.25) is 0 Å². The Kier molecular flexibility index (Phi) is 6.33. The average molecular weight is 235 g/mol. The molecule has 0 aliphatic carbocycles. The highest BCUT2D eigenvalue weighted by atomic mass is 16.5. The third kappa shape index (κ3) is 5.00. The van der Waals surface area contributed by atoms with E-state index in [9.17, 15) is 4.79 Å². The topological polar surface area (TPSA) is 52.3 Å². The van der Waals surface area contributed by atoms with Gasteiger partial charge in [-0.1, -0.05) is 56.5 Å². The van der Waals surface area contributed by atoms with E-state index in [4.69, 9.17) is 10.5 Å². The highest BCUT2D eigenvalue weighted by Gasteiger charge is 2.16. The van der Waals surface area contributed by atoms with Crippen LogP contribution in [-0.2, 0) is 9.53 Å². The lowest BCUT2D eigenvalue weighted by molar-refractivity contribution is -0.145. The summed E-state index contributed by atoms with van der Waals surface area (Å²) in [6.07, 6.45) is 4.38. The van der Waals surface area contributed by atoms with Gasteiger partial charge in [0.1, 0.15) is 6.04 Å². The van der Waals surface area contributed by atoms with Crippen LogP contribution in [0, 0.1) is 0 Å². The van der Waals surface area contributed by atoms with Crippen LogP contribution in [0.3, 0.4) is 0 Å². The molecule has 0 saturated carbocycles. The molecule has 1 aromatic carbocycles. The molecule has 1 aromatic rings. The molecule has 2 N–H and O–H groups in total. The van der Waals surface area contributed by atoms with Gasteiger partial charge in [-0.3, -0.25) is 0 Å². The van der Waals surface area contributed by atoms with E-state index in [0.717, 1.165) is 18.4 Å². The second kappa shape index (κ2) is 7.85. The number of hydrogen-bond acceptors (Lipinski definition) is 3. The van der Waals surface area contributed by atoms with Crippen molar-refractivity contribution in [3.8, 4) is 0 Å². The fraction of sp³-hybridized carbons (Fsp3) is 0.500. The van der Waals surface area contributed by atoms with Crippen LogP contribution in [0.5, 0.6) is 0 Å². The Labute approximate surface area is 103 Å². The monoisotopic (exact) mass is 235 g/mol. The van der Waals surface area contributed by atoms with Crippen LogP contribution in [-0.4, -0.2) is 12.6 Å². The van der Waals surface area contributed by atoms with Crippen molar-refractivity contribution < 1.29 is 9.53 Å². The first-order valence-electron chi connectivity index (χ1n) is 6.23. The van der Waals surface area contributed by atoms with Crippen LogP contribution < -0.4 is 5.73 Å². The maximum atomic E-state index is 11.6. The lowest BCUT2D eigenvalue weighted by Gasteiger charge is -2.11. The SMILES string of the molecule is CCCCCCOC(=O)C(N)c1ccccc1. The number of unbranched alkanes of at least 4 members (excludes halogenated alkanes) is 3. The molecule has 0 fully saturated rings. The fourth-order valence-corrected chi connectivity index (χ4v) is 1.59. The first-order chi connectivity index (χ1) is 8.25. The Bertz CT molecular complexity index is 324. The molecule has 0 aliphatic rings. The third-order valence-corrected chi connectivity index (χ3v) is 2.65. The quantitative estimate of drug-likeness (QED) is 0.584. The molecule has 17 heavy (non-hydrogen) atoms. The summed E-state index contributed by atoms with van der Waals surface area (Å²) in [5.74, 6) is -0.340. The molecule has 0 amide bonds. The normalized spacial score (nSPS) is 12.1. The van der Waals surface area contributed by atoms with E-state index in [1.807, 2.05) is 30.3 Å². The van der Waals surface area contributed by atoms with Crippen molar-refractivity contribution in [2.24, 2.45) is 5.73 Å². The zero-order chi connectivity index (χ0) is 12.5. The smallest absolute Gasteiger partial charge is 0.327 e. The summed E-state index contributed by atoms with van der Waals surface area (Å²) in [7, 11) is 0. The molecule has 0 radical (unpaired) electrons. The number of carbonyl (C=O) groups is 1. The minimum Gasteiger partial charge on any atom is -0.464 e. The molecule has 0 heterocycles. The highest BCUT2D eigenvalue weighted by molar-refractivity contribution is 5.77. The first-order valence-corrected chi connectivity index (χ1v) is 6.23. The van der Waals surface area contributed by atoms with Gasteiger partial charge in [-0.25, -0.2) is 4.79 Å². The maximum absolute atomic E-state index is 11.6. The van der Waals surface area contributed by atoms with Gasteiger partial charge in [0.15, 0.2) is 0 Å². The molecule has 94 valence electrons. The molecular formula is C14H21NO2. The van der Waals surface area contributed by atoms with E-state index in [2.05, 4.69) is 6.92 Å². The van der Waals surface area contributed by atoms with Gasteiger partial charge in [0.25, 0.3) is 0 Å². The number of benzene rings is 1. The van der Waals surface area contributed by atoms with Gasteiger partial charge in [-0.2, -0.15) is 0 Å². The molecule has 1 unspecified atom stereocenters. The summed E-state index contributed by atoms with van der Waals surface area (Å²) >= 11 is 0. The van der Waals surface area contributed by atoms with Crippen LogP contribution in [0.15, 0.2) is 30.3 Å². The van der Waals surface area contributed by atoms with E-state index in [1.54, 1.807) is 0 Å². The van der Waals surface area contributed by atoms with Crippen molar-refractivity contribution in [2.45, 2.75) is 38.6 Å². The molecular weight excluding hydrogens is 214 g/mol. The zero-order valence-electron chi connectivity index (χ0n) is 10.4. The van der Waals surface area contributed by atoms with Crippen molar-refractivity contribution in [3.05, 3.63) is 35.9 Å². The second-order valence-electron chi connectivity index (χ2n) is 4.12. The van der Waals surface area contributed by atoms with Crippen molar-refractivity contribution in [2.75, 3.05) is 6.61 Å². The number of nitrogens with two attached hydrogens (primary N) is 1. The summed E-state index contributed by atoms with van der Waals surface area (Å²) in [5, 5.41) is 0. The predicted octanol–water partition coefficient (Wildman–Crippen LogP) is 2.81. The zero-order valence-corrected chi connectivity index (χ0v) is 10.4. The number of rotatable bonds is 7. The minimum atomic E-state index is -0.664. The number of esters is 1. The molecule has 0 bridgehead atoms. The van der Waals surface area contributed by atoms with Crippen molar-refractivity contribution in [1.29, 1.82) is 0 Å². The van der Waals surface area contributed by atoms with E-state index in [1.165, 1.54) is 12.8 Å². The average Bonchev–Trinajstić information content (AvgIpc) is 2.38. The molecule has 3 nitrogen and oxygen atoms in total. The van der Waals surface area contributed by atoms with Gasteiger partial charge in [0, 0.05) is 0 Å². The summed E-state index contributed by atoms with van der Waals surface area (Å²) in [6, 6.07) is 8.63.